The number of benzene rings is 1. The Balaban J connectivity index is 2.12. The third-order valence-corrected chi connectivity index (χ3v) is 4.78. The summed E-state index contributed by atoms with van der Waals surface area (Å²) in [4.78, 5) is 14.9. The Kier molecular flexibility index (Phi) is 4.53. The average molecular weight is 279 g/mol. The lowest BCUT2D eigenvalue weighted by atomic mass is 9.88. The zero-order valence-electron chi connectivity index (χ0n) is 11.6. The fourth-order valence-electron chi connectivity index (χ4n) is 2.62. The van der Waals surface area contributed by atoms with Crippen molar-refractivity contribution in [2.24, 2.45) is 0 Å². The minimum Gasteiger partial charge on any atom is -0.480 e. The van der Waals surface area contributed by atoms with Crippen molar-refractivity contribution in [1.29, 1.82) is 0 Å². The van der Waals surface area contributed by atoms with E-state index >= 15 is 0 Å². The molecule has 0 aromatic heterocycles. The van der Waals surface area contributed by atoms with E-state index in [1.807, 2.05) is 6.92 Å². The molecule has 1 N–H and O–H groups in total. The Hall–Kier alpha value is -1.00. The van der Waals surface area contributed by atoms with Crippen LogP contribution in [0.3, 0.4) is 0 Å². The van der Waals surface area contributed by atoms with Gasteiger partial charge in [-0.1, -0.05) is 12.1 Å². The second kappa shape index (κ2) is 5.97. The van der Waals surface area contributed by atoms with Crippen LogP contribution in [-0.2, 0) is 11.3 Å². The summed E-state index contributed by atoms with van der Waals surface area (Å²) in [6, 6.07) is 8.40. The van der Waals surface area contributed by atoms with Crippen LogP contribution < -0.4 is 0 Å². The van der Waals surface area contributed by atoms with Crippen LogP contribution in [0, 0.1) is 0 Å². The normalized spacial score (nSPS) is 24.3. The van der Waals surface area contributed by atoms with Gasteiger partial charge in [-0.2, -0.15) is 0 Å². The first-order chi connectivity index (χ1) is 9.06. The number of nitrogens with zero attached hydrogens (tertiary/aromatic N) is 1. The topological polar surface area (TPSA) is 40.5 Å². The molecule has 1 fully saturated rings. The maximum Gasteiger partial charge on any atom is 0.323 e. The number of aliphatic carboxylic acids is 1. The number of thioether (sulfide) groups is 1. The standard InChI is InChI=1S/C15H21NO2S/c1-15(14(17)18)9-3-4-10-16(15)11-12-5-7-13(19-2)8-6-12/h5-8H,3-4,9-11H2,1-2H3,(H,17,18). The van der Waals surface area contributed by atoms with Crippen molar-refractivity contribution in [2.75, 3.05) is 12.8 Å². The molecule has 0 radical (unpaired) electrons. The lowest BCUT2D eigenvalue weighted by Gasteiger charge is -2.41. The fourth-order valence-corrected chi connectivity index (χ4v) is 3.03. The molecule has 1 aromatic carbocycles. The summed E-state index contributed by atoms with van der Waals surface area (Å²) in [6.45, 7) is 3.44. The maximum atomic E-state index is 11.5. The molecule has 1 atom stereocenters. The SMILES string of the molecule is CSc1ccc(CN2CCCCC2(C)C(=O)O)cc1. The third-order valence-electron chi connectivity index (χ3n) is 4.03. The van der Waals surface area contributed by atoms with E-state index in [9.17, 15) is 9.90 Å². The van der Waals surface area contributed by atoms with E-state index in [0.29, 0.717) is 0 Å². The zero-order valence-corrected chi connectivity index (χ0v) is 12.4. The van der Waals surface area contributed by atoms with Gasteiger partial charge in [0, 0.05) is 11.4 Å². The predicted octanol–water partition coefficient (Wildman–Crippen LogP) is 3.24. The molecule has 1 heterocycles. The third kappa shape index (κ3) is 3.12. The smallest absolute Gasteiger partial charge is 0.323 e. The van der Waals surface area contributed by atoms with E-state index in [4.69, 9.17) is 0 Å². The van der Waals surface area contributed by atoms with Crippen LogP contribution in [0.4, 0.5) is 0 Å². The quantitative estimate of drug-likeness (QED) is 0.859. The Morgan fingerprint density at radius 2 is 2.05 bits per heavy atom. The number of carboxylic acids is 1. The summed E-state index contributed by atoms with van der Waals surface area (Å²) < 4.78 is 0. The van der Waals surface area contributed by atoms with Crippen LogP contribution in [0.25, 0.3) is 0 Å². The molecule has 0 amide bonds. The zero-order chi connectivity index (χ0) is 13.9. The number of carbonyl (C=O) groups is 1. The van der Waals surface area contributed by atoms with Gasteiger partial charge in [-0.05, 0) is 56.7 Å². The summed E-state index contributed by atoms with van der Waals surface area (Å²) in [5.41, 5.74) is 0.475. The fraction of sp³-hybridized carbons (Fsp3) is 0.533. The van der Waals surface area contributed by atoms with Gasteiger partial charge >= 0.3 is 5.97 Å². The first kappa shape index (κ1) is 14.4. The summed E-state index contributed by atoms with van der Waals surface area (Å²) in [5.74, 6) is -0.701. The van der Waals surface area contributed by atoms with E-state index < -0.39 is 11.5 Å². The second-order valence-electron chi connectivity index (χ2n) is 5.31. The highest BCUT2D eigenvalue weighted by molar-refractivity contribution is 7.98. The molecule has 1 saturated heterocycles. The number of hydrogen-bond acceptors (Lipinski definition) is 3. The predicted molar refractivity (Wildman–Crippen MR) is 78.5 cm³/mol. The van der Waals surface area contributed by atoms with Crippen molar-refractivity contribution in [1.82, 2.24) is 4.90 Å². The highest BCUT2D eigenvalue weighted by Crippen LogP contribution is 2.30. The Bertz CT molecular complexity index is 446. The van der Waals surface area contributed by atoms with Gasteiger partial charge in [-0.15, -0.1) is 11.8 Å². The summed E-state index contributed by atoms with van der Waals surface area (Å²) >= 11 is 1.72. The van der Waals surface area contributed by atoms with Crippen molar-refractivity contribution >= 4 is 17.7 Å². The van der Waals surface area contributed by atoms with Gasteiger partial charge in [0.15, 0.2) is 0 Å². The highest BCUT2D eigenvalue weighted by atomic mass is 32.2. The maximum absolute atomic E-state index is 11.5. The second-order valence-corrected chi connectivity index (χ2v) is 6.19. The number of carboxylic acid groups (broad SMARTS) is 1. The van der Waals surface area contributed by atoms with Gasteiger partial charge in [0.1, 0.15) is 5.54 Å². The van der Waals surface area contributed by atoms with Gasteiger partial charge in [0.05, 0.1) is 0 Å². The van der Waals surface area contributed by atoms with Gasteiger partial charge in [0.25, 0.3) is 0 Å². The molecule has 0 aliphatic carbocycles. The average Bonchev–Trinajstić information content (AvgIpc) is 2.42. The molecule has 0 spiro atoms. The van der Waals surface area contributed by atoms with Gasteiger partial charge in [-0.3, -0.25) is 9.69 Å². The minimum atomic E-state index is -0.712. The molecule has 1 aliphatic heterocycles. The Morgan fingerprint density at radius 3 is 2.63 bits per heavy atom. The number of hydrogen-bond donors (Lipinski definition) is 1. The molecule has 0 saturated carbocycles. The Labute approximate surface area is 119 Å². The van der Waals surface area contributed by atoms with E-state index in [1.54, 1.807) is 11.8 Å². The van der Waals surface area contributed by atoms with E-state index in [2.05, 4.69) is 35.4 Å². The molecule has 2 rings (SSSR count). The van der Waals surface area contributed by atoms with Crippen molar-refractivity contribution < 1.29 is 9.90 Å². The van der Waals surface area contributed by atoms with E-state index in [1.165, 1.54) is 10.5 Å². The lowest BCUT2D eigenvalue weighted by molar-refractivity contribution is -0.153. The van der Waals surface area contributed by atoms with Crippen LogP contribution in [-0.4, -0.2) is 34.3 Å². The van der Waals surface area contributed by atoms with Crippen LogP contribution >= 0.6 is 11.8 Å². The molecule has 1 aliphatic rings. The minimum absolute atomic E-state index is 0.701. The van der Waals surface area contributed by atoms with E-state index in [-0.39, 0.29) is 0 Å². The van der Waals surface area contributed by atoms with Crippen molar-refractivity contribution in [3.8, 4) is 0 Å². The van der Waals surface area contributed by atoms with Crippen molar-refractivity contribution in [2.45, 2.75) is 43.2 Å². The number of piperidine rings is 1. The largest absolute Gasteiger partial charge is 0.480 e. The monoisotopic (exact) mass is 279 g/mol. The first-order valence-corrected chi connectivity index (χ1v) is 7.90. The molecule has 1 unspecified atom stereocenters. The number of rotatable bonds is 4. The Morgan fingerprint density at radius 1 is 1.37 bits per heavy atom. The van der Waals surface area contributed by atoms with Crippen LogP contribution in [0.5, 0.6) is 0 Å². The molecule has 0 bridgehead atoms. The van der Waals surface area contributed by atoms with Gasteiger partial charge in [0.2, 0.25) is 0 Å². The lowest BCUT2D eigenvalue weighted by Crippen LogP contribution is -2.54. The van der Waals surface area contributed by atoms with Crippen LogP contribution in [0.2, 0.25) is 0 Å². The highest BCUT2D eigenvalue weighted by Gasteiger charge is 2.40. The van der Waals surface area contributed by atoms with E-state index in [0.717, 1.165) is 32.4 Å². The van der Waals surface area contributed by atoms with Crippen LogP contribution in [0.15, 0.2) is 29.2 Å². The van der Waals surface area contributed by atoms with Crippen molar-refractivity contribution in [3.05, 3.63) is 29.8 Å². The van der Waals surface area contributed by atoms with Crippen molar-refractivity contribution in [3.63, 3.8) is 0 Å². The molecule has 104 valence electrons. The number of likely N-dealkylation sites (tertiary alicyclic amines) is 1. The molecule has 19 heavy (non-hydrogen) atoms. The molecule has 3 nitrogen and oxygen atoms in total. The summed E-state index contributed by atoms with van der Waals surface area (Å²) in [6.07, 6.45) is 4.89. The molecular weight excluding hydrogens is 258 g/mol. The molecule has 1 aromatic rings. The van der Waals surface area contributed by atoms with Gasteiger partial charge in [-0.25, -0.2) is 0 Å². The summed E-state index contributed by atoms with van der Waals surface area (Å²) in [5, 5.41) is 9.48. The first-order valence-electron chi connectivity index (χ1n) is 6.67. The van der Waals surface area contributed by atoms with Gasteiger partial charge < -0.3 is 5.11 Å². The van der Waals surface area contributed by atoms with Crippen LogP contribution in [0.1, 0.15) is 31.7 Å². The summed E-state index contributed by atoms with van der Waals surface area (Å²) in [7, 11) is 0. The molecular formula is C15H21NO2S. The molecule has 4 heteroatoms.